The standard InChI is InChI=1S/C32H34F2NO7PS/c33-31(34)43(36,37)42-29-15-11-25(12-16-29)19-32(23-40-21-27-7-3-1-4-8-27,24-41-22-28-9-5-2-6-10-28)20-26-13-17-30(18-14-26)44(35,38)39/h1-18,31H,19-24H2,(H,36,37)(H2,35,38,39). The molecule has 0 saturated heterocycles. The van der Waals surface area contributed by atoms with E-state index >= 15 is 0 Å². The summed E-state index contributed by atoms with van der Waals surface area (Å²) in [4.78, 5) is 9.42. The van der Waals surface area contributed by atoms with Crippen molar-refractivity contribution in [2.24, 2.45) is 10.6 Å². The highest BCUT2D eigenvalue weighted by molar-refractivity contribution is 7.89. The molecule has 12 heteroatoms. The zero-order valence-electron chi connectivity index (χ0n) is 23.8. The highest BCUT2D eigenvalue weighted by Gasteiger charge is 2.35. The van der Waals surface area contributed by atoms with Crippen LogP contribution in [0.4, 0.5) is 8.78 Å². The van der Waals surface area contributed by atoms with Gasteiger partial charge in [0.15, 0.2) is 0 Å². The second-order valence-electron chi connectivity index (χ2n) is 10.6. The molecule has 4 aromatic carbocycles. The smallest absolute Gasteiger partial charge is 0.421 e. The van der Waals surface area contributed by atoms with Crippen molar-refractivity contribution in [3.05, 3.63) is 131 Å². The Bertz CT molecular complexity index is 1580. The minimum atomic E-state index is -5.12. The van der Waals surface area contributed by atoms with Gasteiger partial charge in [-0.3, -0.25) is 0 Å². The molecule has 8 nitrogen and oxygen atoms in total. The van der Waals surface area contributed by atoms with Gasteiger partial charge in [0.25, 0.3) is 0 Å². The minimum absolute atomic E-state index is 0.00642. The van der Waals surface area contributed by atoms with Crippen molar-refractivity contribution in [2.45, 2.75) is 37.1 Å². The average molecular weight is 646 g/mol. The highest BCUT2D eigenvalue weighted by Crippen LogP contribution is 2.49. The van der Waals surface area contributed by atoms with Gasteiger partial charge < -0.3 is 18.9 Å². The van der Waals surface area contributed by atoms with Crippen LogP contribution in [-0.4, -0.2) is 32.7 Å². The molecule has 4 aromatic rings. The van der Waals surface area contributed by atoms with Crippen LogP contribution in [0.5, 0.6) is 5.75 Å². The molecule has 0 aliphatic carbocycles. The summed E-state index contributed by atoms with van der Waals surface area (Å²) < 4.78 is 78.2. The first-order chi connectivity index (χ1) is 20.9. The summed E-state index contributed by atoms with van der Waals surface area (Å²) in [6.45, 7) is 1.20. The van der Waals surface area contributed by atoms with Gasteiger partial charge in [0.1, 0.15) is 5.75 Å². The third-order valence-corrected chi connectivity index (χ3v) is 8.75. The number of benzene rings is 4. The fourth-order valence-electron chi connectivity index (χ4n) is 4.75. The van der Waals surface area contributed by atoms with Crippen LogP contribution in [0.2, 0.25) is 0 Å². The third kappa shape index (κ3) is 10.1. The van der Waals surface area contributed by atoms with Gasteiger partial charge in [-0.05, 0) is 59.4 Å². The van der Waals surface area contributed by atoms with Crippen molar-refractivity contribution < 1.29 is 40.7 Å². The van der Waals surface area contributed by atoms with Crippen LogP contribution >= 0.6 is 7.60 Å². The van der Waals surface area contributed by atoms with Gasteiger partial charge in [-0.25, -0.2) is 18.1 Å². The Labute approximate surface area is 256 Å². The zero-order valence-corrected chi connectivity index (χ0v) is 25.5. The van der Waals surface area contributed by atoms with Crippen molar-refractivity contribution in [3.8, 4) is 5.75 Å². The maximum Gasteiger partial charge on any atom is 0.442 e. The number of rotatable bonds is 16. The van der Waals surface area contributed by atoms with Crippen LogP contribution in [0.15, 0.2) is 114 Å². The molecule has 0 saturated carbocycles. The van der Waals surface area contributed by atoms with Gasteiger partial charge in [-0.15, -0.1) is 0 Å². The molecule has 0 aliphatic rings. The van der Waals surface area contributed by atoms with Crippen molar-refractivity contribution in [1.29, 1.82) is 0 Å². The first-order valence-corrected chi connectivity index (χ1v) is 16.9. The summed E-state index contributed by atoms with van der Waals surface area (Å²) >= 11 is 0. The van der Waals surface area contributed by atoms with Crippen molar-refractivity contribution >= 4 is 17.6 Å². The van der Waals surface area contributed by atoms with E-state index in [0.717, 1.165) is 22.3 Å². The maximum atomic E-state index is 12.9. The molecule has 0 aliphatic heterocycles. The molecule has 0 spiro atoms. The summed E-state index contributed by atoms with van der Waals surface area (Å²) in [6.07, 6.45) is -2.70. The SMILES string of the molecule is NS(=O)(=O)c1ccc(CC(COCc2ccccc2)(COCc2ccccc2)Cc2ccc(OP(=O)(O)C(F)F)cc2)cc1. The topological polar surface area (TPSA) is 125 Å². The molecule has 0 heterocycles. The van der Waals surface area contributed by atoms with Crippen LogP contribution in [0.3, 0.4) is 0 Å². The molecule has 0 radical (unpaired) electrons. The fourth-order valence-corrected chi connectivity index (χ4v) is 5.77. The largest absolute Gasteiger partial charge is 0.442 e. The first-order valence-electron chi connectivity index (χ1n) is 13.7. The summed E-state index contributed by atoms with van der Waals surface area (Å²) in [6, 6.07) is 31.6. The van der Waals surface area contributed by atoms with Crippen molar-refractivity contribution in [2.75, 3.05) is 13.2 Å². The van der Waals surface area contributed by atoms with Gasteiger partial charge >= 0.3 is 13.8 Å². The summed E-state index contributed by atoms with van der Waals surface area (Å²) in [5.74, 6) is -0.162. The Morgan fingerprint density at radius 3 is 1.55 bits per heavy atom. The van der Waals surface area contributed by atoms with Crippen LogP contribution in [0, 0.1) is 5.41 Å². The Hall–Kier alpha value is -3.44. The Balaban J connectivity index is 1.63. The Morgan fingerprint density at radius 2 is 1.14 bits per heavy atom. The minimum Gasteiger partial charge on any atom is -0.421 e. The van der Waals surface area contributed by atoms with Crippen LogP contribution < -0.4 is 9.66 Å². The van der Waals surface area contributed by atoms with E-state index in [1.165, 1.54) is 24.3 Å². The second kappa shape index (κ2) is 15.0. The van der Waals surface area contributed by atoms with E-state index in [1.807, 2.05) is 60.7 Å². The summed E-state index contributed by atoms with van der Waals surface area (Å²) in [5.41, 5.74) is 2.89. The van der Waals surface area contributed by atoms with Crippen molar-refractivity contribution in [1.82, 2.24) is 0 Å². The molecule has 234 valence electrons. The molecule has 0 bridgehead atoms. The summed E-state index contributed by atoms with van der Waals surface area (Å²) in [7, 11) is -8.99. The number of halogens is 2. The Kier molecular flexibility index (Phi) is 11.4. The van der Waals surface area contributed by atoms with E-state index in [1.54, 1.807) is 24.3 Å². The van der Waals surface area contributed by atoms with Crippen LogP contribution in [0.25, 0.3) is 0 Å². The quantitative estimate of drug-likeness (QED) is 0.137. The molecule has 1 atom stereocenters. The number of alkyl halides is 2. The summed E-state index contributed by atoms with van der Waals surface area (Å²) in [5, 5.41) is 5.29. The molecule has 0 fully saturated rings. The second-order valence-corrected chi connectivity index (χ2v) is 13.8. The average Bonchev–Trinajstić information content (AvgIpc) is 2.99. The van der Waals surface area contributed by atoms with E-state index in [-0.39, 0.29) is 23.9 Å². The predicted molar refractivity (Wildman–Crippen MR) is 163 cm³/mol. The molecule has 1 unspecified atom stereocenters. The molecule has 0 aromatic heterocycles. The van der Waals surface area contributed by atoms with Crippen molar-refractivity contribution in [3.63, 3.8) is 0 Å². The molecule has 0 amide bonds. The molecule has 3 N–H and O–H groups in total. The number of hydrogen-bond acceptors (Lipinski definition) is 6. The fraction of sp³-hybridized carbons (Fsp3) is 0.250. The van der Waals surface area contributed by atoms with Gasteiger partial charge in [-0.2, -0.15) is 8.78 Å². The maximum absolute atomic E-state index is 12.9. The van der Waals surface area contributed by atoms with E-state index in [0.29, 0.717) is 26.1 Å². The Morgan fingerprint density at radius 1 is 0.705 bits per heavy atom. The monoisotopic (exact) mass is 645 g/mol. The lowest BCUT2D eigenvalue weighted by molar-refractivity contribution is -0.0331. The van der Waals surface area contributed by atoms with Crippen LogP contribution in [0.1, 0.15) is 22.3 Å². The van der Waals surface area contributed by atoms with E-state index in [2.05, 4.69) is 4.52 Å². The predicted octanol–water partition coefficient (Wildman–Crippen LogP) is 6.33. The van der Waals surface area contributed by atoms with Gasteiger partial charge in [0.05, 0.1) is 31.3 Å². The molecular formula is C32H34F2NO7PS. The lowest BCUT2D eigenvalue weighted by atomic mass is 9.77. The lowest BCUT2D eigenvalue weighted by Crippen LogP contribution is -2.37. The third-order valence-electron chi connectivity index (χ3n) is 6.86. The van der Waals surface area contributed by atoms with Crippen LogP contribution in [-0.2, 0) is 50.1 Å². The number of nitrogens with two attached hydrogens (primary N) is 1. The number of sulfonamides is 1. The normalized spacial score (nSPS) is 13.5. The molecule has 4 rings (SSSR count). The van der Waals surface area contributed by atoms with Gasteiger partial charge in [0.2, 0.25) is 10.0 Å². The molecule has 44 heavy (non-hydrogen) atoms. The number of hydrogen-bond donors (Lipinski definition) is 2. The van der Waals surface area contributed by atoms with E-state index < -0.39 is 29.2 Å². The van der Waals surface area contributed by atoms with Gasteiger partial charge in [0, 0.05) is 5.41 Å². The number of ether oxygens (including phenoxy) is 2. The molecular weight excluding hydrogens is 611 g/mol. The zero-order chi connectivity index (χ0) is 31.6. The number of primary sulfonamides is 1. The first kappa shape index (κ1) is 33.5. The van der Waals surface area contributed by atoms with E-state index in [4.69, 9.17) is 14.6 Å². The van der Waals surface area contributed by atoms with Gasteiger partial charge in [-0.1, -0.05) is 84.9 Å². The highest BCUT2D eigenvalue weighted by atomic mass is 32.2. The lowest BCUT2D eigenvalue weighted by Gasteiger charge is -2.34. The van der Waals surface area contributed by atoms with E-state index in [9.17, 15) is 26.7 Å².